The molecule has 0 aromatic heterocycles. The maximum atomic E-state index is 11.7. The van der Waals surface area contributed by atoms with Gasteiger partial charge in [0, 0.05) is 0 Å². The Hall–Kier alpha value is 0.580. The van der Waals surface area contributed by atoms with Crippen molar-refractivity contribution in [2.24, 2.45) is 0 Å². The van der Waals surface area contributed by atoms with Crippen LogP contribution in [0.2, 0.25) is 0 Å². The van der Waals surface area contributed by atoms with Gasteiger partial charge in [-0.3, -0.25) is 0 Å². The van der Waals surface area contributed by atoms with E-state index in [1.165, 1.54) is 6.92 Å². The number of rotatable bonds is 2. The molecule has 0 amide bonds. The molecule has 7 heavy (non-hydrogen) atoms. The van der Waals surface area contributed by atoms with Gasteiger partial charge in [-0.1, -0.05) is 0 Å². The zero-order valence-electron chi connectivity index (χ0n) is 3.81. The Bertz CT molecular complexity index is 42.2. The van der Waals surface area contributed by atoms with E-state index in [9.17, 15) is 4.39 Å². The van der Waals surface area contributed by atoms with Gasteiger partial charge in [0.2, 0.25) is 0 Å². The number of halogens is 2. The Morgan fingerprint density at radius 3 is 2.00 bits per heavy atom. The van der Waals surface area contributed by atoms with Gasteiger partial charge in [0.15, 0.2) is 0 Å². The molecule has 0 heterocycles. The topological polar surface area (TPSA) is 40.5 Å². The fourth-order valence-corrected chi connectivity index (χ4v) is 1.04. The van der Waals surface area contributed by atoms with E-state index in [-0.39, 0.29) is 0 Å². The van der Waals surface area contributed by atoms with Crippen molar-refractivity contribution in [2.75, 3.05) is 0 Å². The van der Waals surface area contributed by atoms with Gasteiger partial charge in [-0.05, 0) is 0 Å². The van der Waals surface area contributed by atoms with Gasteiger partial charge in [0.25, 0.3) is 0 Å². The van der Waals surface area contributed by atoms with Crippen molar-refractivity contribution in [2.45, 2.75) is 15.4 Å². The van der Waals surface area contributed by atoms with Crippen LogP contribution in [0.1, 0.15) is 6.92 Å². The molecule has 0 aliphatic rings. The summed E-state index contributed by atoms with van der Waals surface area (Å²) in [6.45, 7) is 1.33. The summed E-state index contributed by atoms with van der Waals surface area (Å²) in [6.07, 6.45) is 0. The third kappa shape index (κ3) is 6.58. The monoisotopic (exact) mass is 221 g/mol. The standard InChI is InChI=1S/C3H7FIO2/c1-2(4)5-3(6)7/h2-3,6-7H,1H3/q-1. The molecular weight excluding hydrogens is 214 g/mol. The van der Waals surface area contributed by atoms with Crippen LogP contribution < -0.4 is 21.2 Å². The van der Waals surface area contributed by atoms with Crippen LogP contribution >= 0.6 is 0 Å². The van der Waals surface area contributed by atoms with E-state index in [0.717, 1.165) is 0 Å². The average molecular weight is 221 g/mol. The average Bonchev–Trinajstić information content (AvgIpc) is 1.27. The van der Waals surface area contributed by atoms with Crippen LogP contribution in [0, 0.1) is 0 Å². The van der Waals surface area contributed by atoms with Gasteiger partial charge < -0.3 is 0 Å². The van der Waals surface area contributed by atoms with E-state index >= 15 is 0 Å². The second-order valence-corrected chi connectivity index (χ2v) is 4.51. The van der Waals surface area contributed by atoms with Crippen LogP contribution in [-0.4, -0.2) is 18.7 Å². The summed E-state index contributed by atoms with van der Waals surface area (Å²) in [4.78, 5) is 0. The molecule has 0 aliphatic carbocycles. The Labute approximate surface area is 51.6 Å². The van der Waals surface area contributed by atoms with Gasteiger partial charge >= 0.3 is 51.2 Å². The summed E-state index contributed by atoms with van der Waals surface area (Å²) in [5.41, 5.74) is 0. The minimum absolute atomic E-state index is 1.01. The normalized spacial score (nSPS) is 15.6. The predicted octanol–water partition coefficient (Wildman–Crippen LogP) is -3.34. The van der Waals surface area contributed by atoms with E-state index in [4.69, 9.17) is 10.2 Å². The predicted molar refractivity (Wildman–Crippen MR) is 18.8 cm³/mol. The van der Waals surface area contributed by atoms with Crippen molar-refractivity contribution in [1.29, 1.82) is 0 Å². The van der Waals surface area contributed by atoms with Gasteiger partial charge in [-0.25, -0.2) is 0 Å². The van der Waals surface area contributed by atoms with Gasteiger partial charge in [-0.2, -0.15) is 0 Å². The first-order valence-electron chi connectivity index (χ1n) is 1.75. The first-order chi connectivity index (χ1) is 3.13. The Morgan fingerprint density at radius 2 is 2.00 bits per heavy atom. The molecule has 0 saturated carbocycles. The molecule has 0 aliphatic heterocycles. The molecule has 0 spiro atoms. The van der Waals surface area contributed by atoms with Crippen LogP contribution in [0.3, 0.4) is 0 Å². The van der Waals surface area contributed by atoms with Crippen molar-refractivity contribution in [1.82, 2.24) is 0 Å². The quantitative estimate of drug-likeness (QED) is 0.291. The molecule has 2 nitrogen and oxygen atoms in total. The fourth-order valence-electron chi connectivity index (χ4n) is 0.155. The second kappa shape index (κ2) is 3.57. The molecule has 46 valence electrons. The zero-order valence-corrected chi connectivity index (χ0v) is 5.96. The van der Waals surface area contributed by atoms with Crippen molar-refractivity contribution >= 4 is 0 Å². The third-order valence-electron chi connectivity index (χ3n) is 0.286. The number of hydrogen-bond donors (Lipinski definition) is 2. The second-order valence-electron chi connectivity index (χ2n) is 0.956. The molecule has 0 saturated heterocycles. The van der Waals surface area contributed by atoms with Crippen molar-refractivity contribution in [3.05, 3.63) is 0 Å². The van der Waals surface area contributed by atoms with E-state index < -0.39 is 29.7 Å². The molecule has 2 N–H and O–H groups in total. The summed E-state index contributed by atoms with van der Waals surface area (Å²) in [7, 11) is 0. The Kier molecular flexibility index (Phi) is 3.86. The van der Waals surface area contributed by atoms with E-state index in [0.29, 0.717) is 0 Å². The van der Waals surface area contributed by atoms with Crippen molar-refractivity contribution < 1.29 is 35.8 Å². The number of aliphatic hydroxyl groups excluding tert-OH is 1. The summed E-state index contributed by atoms with van der Waals surface area (Å²) in [5, 5.41) is 16.2. The summed E-state index contributed by atoms with van der Waals surface area (Å²) in [5.74, 6) is 0. The third-order valence-corrected chi connectivity index (χ3v) is 1.92. The molecule has 0 aromatic carbocycles. The van der Waals surface area contributed by atoms with Crippen LogP contribution in [0.25, 0.3) is 0 Å². The molecule has 1 unspecified atom stereocenters. The van der Waals surface area contributed by atoms with Crippen LogP contribution in [-0.2, 0) is 0 Å². The van der Waals surface area contributed by atoms with Crippen molar-refractivity contribution in [3.8, 4) is 0 Å². The van der Waals surface area contributed by atoms with Crippen LogP contribution in [0.4, 0.5) is 4.39 Å². The maximum absolute atomic E-state index is 11.7. The van der Waals surface area contributed by atoms with Crippen LogP contribution in [0.15, 0.2) is 0 Å². The first-order valence-corrected chi connectivity index (χ1v) is 4.24. The fraction of sp³-hybridized carbons (Fsp3) is 1.00. The summed E-state index contributed by atoms with van der Waals surface area (Å²) < 4.78 is 9.28. The van der Waals surface area contributed by atoms with E-state index in [2.05, 4.69) is 0 Å². The molecule has 1 atom stereocenters. The molecule has 4 heteroatoms. The van der Waals surface area contributed by atoms with E-state index in [1.807, 2.05) is 0 Å². The summed E-state index contributed by atoms with van der Waals surface area (Å²) in [6, 6.07) is 0. The minimum atomic E-state index is -1.39. The Balaban J connectivity index is 2.95. The molecular formula is C3H7FIO2-. The van der Waals surface area contributed by atoms with Gasteiger partial charge in [0.1, 0.15) is 0 Å². The number of aliphatic hydroxyl groups is 2. The SMILES string of the molecule is CC(F)[I-]C(O)O. The molecule has 0 rings (SSSR count). The molecule has 0 fully saturated rings. The van der Waals surface area contributed by atoms with Gasteiger partial charge in [-0.15, -0.1) is 0 Å². The Morgan fingerprint density at radius 1 is 1.57 bits per heavy atom. The summed E-state index contributed by atoms with van der Waals surface area (Å²) >= 11 is -1.05. The van der Waals surface area contributed by atoms with Crippen LogP contribution in [0.5, 0.6) is 0 Å². The molecule has 0 bridgehead atoms. The molecule has 0 aromatic rings. The van der Waals surface area contributed by atoms with Crippen molar-refractivity contribution in [3.63, 3.8) is 0 Å². The molecule has 0 radical (unpaired) electrons. The van der Waals surface area contributed by atoms with Gasteiger partial charge in [0.05, 0.1) is 0 Å². The number of hydrogen-bond acceptors (Lipinski definition) is 2. The zero-order chi connectivity index (χ0) is 5.86. The number of alkyl halides is 3. The first kappa shape index (κ1) is 7.58. The van der Waals surface area contributed by atoms with E-state index in [1.54, 1.807) is 0 Å².